The lowest BCUT2D eigenvalue weighted by Crippen LogP contribution is -2.47. The number of methoxy groups -OCH3 is 1. The molecule has 0 radical (unpaired) electrons. The fourth-order valence-corrected chi connectivity index (χ4v) is 4.24. The summed E-state index contributed by atoms with van der Waals surface area (Å²) >= 11 is 0. The molecule has 0 heterocycles. The number of ether oxygens (including phenoxy) is 2. The molecule has 0 saturated carbocycles. The number of carbonyl (C=O) groups excluding carboxylic acids is 1. The van der Waals surface area contributed by atoms with Crippen LogP contribution in [-0.2, 0) is 24.1 Å². The van der Waals surface area contributed by atoms with Crippen LogP contribution < -0.4 is 5.32 Å². The number of sulfone groups is 1. The number of rotatable bonds is 12. The number of carbonyl (C=O) groups is 2. The maximum absolute atomic E-state index is 12.4. The zero-order valence-electron chi connectivity index (χ0n) is 13.9. The second-order valence-electron chi connectivity index (χ2n) is 5.19. The molecule has 1 amide bonds. The minimum atomic E-state index is -3.64. The molecule has 0 aromatic rings. The smallest absolute Gasteiger partial charge is 0.407 e. The maximum atomic E-state index is 12.4. The van der Waals surface area contributed by atoms with Crippen molar-refractivity contribution >= 4 is 21.9 Å². The molecule has 0 aliphatic carbocycles. The van der Waals surface area contributed by atoms with Crippen LogP contribution in [0.5, 0.6) is 0 Å². The summed E-state index contributed by atoms with van der Waals surface area (Å²) in [5.41, 5.74) is 0. The van der Waals surface area contributed by atoms with Crippen LogP contribution in [-0.4, -0.2) is 63.0 Å². The van der Waals surface area contributed by atoms with E-state index in [1.54, 1.807) is 0 Å². The number of aliphatic carboxylic acids is 1. The number of hydrogen-bond donors (Lipinski definition) is 2. The van der Waals surface area contributed by atoms with Crippen molar-refractivity contribution < 1.29 is 32.6 Å². The third-order valence-electron chi connectivity index (χ3n) is 3.24. The lowest BCUT2D eigenvalue weighted by Gasteiger charge is -2.20. The lowest BCUT2D eigenvalue weighted by molar-refractivity contribution is -0.138. The van der Waals surface area contributed by atoms with Crippen LogP contribution >= 0.6 is 0 Å². The van der Waals surface area contributed by atoms with Gasteiger partial charge in [-0.1, -0.05) is 26.7 Å². The van der Waals surface area contributed by atoms with Crippen molar-refractivity contribution in [2.45, 2.75) is 50.8 Å². The Morgan fingerprint density at radius 1 is 1.13 bits per heavy atom. The Labute approximate surface area is 137 Å². The summed E-state index contributed by atoms with van der Waals surface area (Å²) in [6.07, 6.45) is 1.34. The van der Waals surface area contributed by atoms with Crippen LogP contribution in [0.25, 0.3) is 0 Å². The quantitative estimate of drug-likeness (QED) is 0.506. The lowest BCUT2D eigenvalue weighted by atomic mass is 10.2. The molecule has 0 aliphatic heterocycles. The highest BCUT2D eigenvalue weighted by Crippen LogP contribution is 2.16. The Bertz CT molecular complexity index is 458. The molecule has 0 aromatic heterocycles. The fraction of sp³-hybridized carbons (Fsp3) is 0.857. The van der Waals surface area contributed by atoms with Gasteiger partial charge in [-0.3, -0.25) is 0 Å². The highest BCUT2D eigenvalue weighted by molar-refractivity contribution is 7.92. The summed E-state index contributed by atoms with van der Waals surface area (Å²) in [5, 5.41) is 10.6. The Balaban J connectivity index is 4.84. The number of alkyl carbamates (subject to hydrolysis) is 1. The summed E-state index contributed by atoms with van der Waals surface area (Å²) in [4.78, 5) is 22.7. The molecule has 1 atom stereocenters. The number of carboxylic acids is 1. The first kappa shape index (κ1) is 21.6. The number of hydrogen-bond acceptors (Lipinski definition) is 6. The average Bonchev–Trinajstić information content (AvgIpc) is 2.46. The fourth-order valence-electron chi connectivity index (χ4n) is 2.09. The minimum absolute atomic E-state index is 0.0459. The first-order valence-electron chi connectivity index (χ1n) is 7.65. The molecular formula is C14H27NO7S. The largest absolute Gasteiger partial charge is 0.480 e. The van der Waals surface area contributed by atoms with E-state index in [2.05, 4.69) is 5.32 Å². The monoisotopic (exact) mass is 353 g/mol. The van der Waals surface area contributed by atoms with Crippen LogP contribution in [0.2, 0.25) is 0 Å². The summed E-state index contributed by atoms with van der Waals surface area (Å²) < 4.78 is 34.2. The van der Waals surface area contributed by atoms with Crippen molar-refractivity contribution in [2.75, 3.05) is 26.1 Å². The van der Waals surface area contributed by atoms with Gasteiger partial charge in [0.2, 0.25) is 0 Å². The molecule has 2 N–H and O–H groups in total. The van der Waals surface area contributed by atoms with Gasteiger partial charge in [-0.05, 0) is 12.8 Å². The average molecular weight is 353 g/mol. The predicted molar refractivity (Wildman–Crippen MR) is 85.2 cm³/mol. The summed E-state index contributed by atoms with van der Waals surface area (Å²) in [6, 6.07) is -1.54. The van der Waals surface area contributed by atoms with Gasteiger partial charge in [0.25, 0.3) is 0 Å². The SMILES string of the molecule is CCCC(CCC)S(=O)(=O)C[C@@H](NC(=O)OCCOC)C(=O)O. The van der Waals surface area contributed by atoms with Crippen molar-refractivity contribution in [2.24, 2.45) is 0 Å². The Hall–Kier alpha value is -1.35. The topological polar surface area (TPSA) is 119 Å². The molecule has 0 aromatic carbocycles. The van der Waals surface area contributed by atoms with E-state index in [0.717, 1.165) is 0 Å². The molecule has 0 rings (SSSR count). The molecule has 8 nitrogen and oxygen atoms in total. The Morgan fingerprint density at radius 3 is 2.13 bits per heavy atom. The van der Waals surface area contributed by atoms with E-state index >= 15 is 0 Å². The van der Waals surface area contributed by atoms with Gasteiger partial charge in [0, 0.05) is 7.11 Å². The molecular weight excluding hydrogens is 326 g/mol. The zero-order valence-corrected chi connectivity index (χ0v) is 14.7. The molecule has 0 unspecified atom stereocenters. The Kier molecular flexibility index (Phi) is 10.6. The summed E-state index contributed by atoms with van der Waals surface area (Å²) in [5.74, 6) is -2.06. The van der Waals surface area contributed by atoms with E-state index in [1.165, 1.54) is 7.11 Å². The molecule has 23 heavy (non-hydrogen) atoms. The molecule has 0 bridgehead atoms. The molecule has 9 heteroatoms. The van der Waals surface area contributed by atoms with Crippen molar-refractivity contribution in [1.82, 2.24) is 5.32 Å². The number of amides is 1. The van der Waals surface area contributed by atoms with Crippen LogP contribution in [0.4, 0.5) is 4.79 Å². The van der Waals surface area contributed by atoms with Crippen molar-refractivity contribution in [3.63, 3.8) is 0 Å². The maximum Gasteiger partial charge on any atom is 0.407 e. The van der Waals surface area contributed by atoms with E-state index in [0.29, 0.717) is 25.7 Å². The van der Waals surface area contributed by atoms with E-state index in [-0.39, 0.29) is 13.2 Å². The second kappa shape index (κ2) is 11.2. The molecule has 0 fully saturated rings. The van der Waals surface area contributed by atoms with Crippen LogP contribution in [0, 0.1) is 0 Å². The summed E-state index contributed by atoms with van der Waals surface area (Å²) in [7, 11) is -2.21. The van der Waals surface area contributed by atoms with Gasteiger partial charge in [0.05, 0.1) is 17.6 Å². The predicted octanol–water partition coefficient (Wildman–Crippen LogP) is 1.20. The van der Waals surface area contributed by atoms with Gasteiger partial charge in [0.15, 0.2) is 9.84 Å². The minimum Gasteiger partial charge on any atom is -0.480 e. The highest BCUT2D eigenvalue weighted by Gasteiger charge is 2.32. The van der Waals surface area contributed by atoms with Crippen molar-refractivity contribution in [3.05, 3.63) is 0 Å². The molecule has 0 aliphatic rings. The van der Waals surface area contributed by atoms with Gasteiger partial charge >= 0.3 is 12.1 Å². The normalized spacial score (nSPS) is 12.9. The van der Waals surface area contributed by atoms with Crippen LogP contribution in [0.15, 0.2) is 0 Å². The molecule has 0 saturated heterocycles. The van der Waals surface area contributed by atoms with Crippen LogP contribution in [0.1, 0.15) is 39.5 Å². The van der Waals surface area contributed by atoms with Crippen molar-refractivity contribution in [3.8, 4) is 0 Å². The standard InChI is InChI=1S/C14H27NO7S/c1-4-6-11(7-5-2)23(19,20)10-12(13(16)17)15-14(18)22-9-8-21-3/h11-12H,4-10H2,1-3H3,(H,15,18)(H,16,17)/t12-/m1/s1. The first-order chi connectivity index (χ1) is 10.8. The third-order valence-corrected chi connectivity index (χ3v) is 5.52. The molecule has 0 spiro atoms. The van der Waals surface area contributed by atoms with Gasteiger partial charge < -0.3 is 19.9 Å². The number of nitrogens with one attached hydrogen (secondary N) is 1. The van der Waals surface area contributed by atoms with Gasteiger partial charge in [-0.25, -0.2) is 18.0 Å². The molecule has 136 valence electrons. The van der Waals surface area contributed by atoms with Gasteiger partial charge in [-0.15, -0.1) is 0 Å². The van der Waals surface area contributed by atoms with E-state index < -0.39 is 38.9 Å². The highest BCUT2D eigenvalue weighted by atomic mass is 32.2. The van der Waals surface area contributed by atoms with Gasteiger partial charge in [0.1, 0.15) is 12.6 Å². The first-order valence-corrected chi connectivity index (χ1v) is 9.36. The van der Waals surface area contributed by atoms with E-state index in [4.69, 9.17) is 14.6 Å². The second-order valence-corrected chi connectivity index (χ2v) is 7.52. The van der Waals surface area contributed by atoms with Gasteiger partial charge in [-0.2, -0.15) is 0 Å². The zero-order chi connectivity index (χ0) is 17.9. The Morgan fingerprint density at radius 2 is 1.70 bits per heavy atom. The third kappa shape index (κ3) is 8.75. The van der Waals surface area contributed by atoms with E-state index in [1.807, 2.05) is 13.8 Å². The van der Waals surface area contributed by atoms with Crippen LogP contribution in [0.3, 0.4) is 0 Å². The van der Waals surface area contributed by atoms with Crippen molar-refractivity contribution in [1.29, 1.82) is 0 Å². The summed E-state index contributed by atoms with van der Waals surface area (Å²) in [6.45, 7) is 3.87. The van der Waals surface area contributed by atoms with E-state index in [9.17, 15) is 18.0 Å². The number of carboxylic acid groups (broad SMARTS) is 1.